The quantitative estimate of drug-likeness (QED) is 0.676. The fraction of sp³-hybridized carbons (Fsp3) is 0.500. The maximum atomic E-state index is 4.82. The van der Waals surface area contributed by atoms with Gasteiger partial charge in [-0.1, -0.05) is 13.8 Å². The van der Waals surface area contributed by atoms with E-state index in [1.165, 1.54) is 5.56 Å². The van der Waals surface area contributed by atoms with Crippen molar-refractivity contribution in [1.82, 2.24) is 24.8 Å². The van der Waals surface area contributed by atoms with Crippen LogP contribution in [0.25, 0.3) is 11.0 Å². The van der Waals surface area contributed by atoms with Crippen LogP contribution in [-0.4, -0.2) is 43.1 Å². The Balaban J connectivity index is 1.48. The molecule has 28 heavy (non-hydrogen) atoms. The average molecular weight is 396 g/mol. The van der Waals surface area contributed by atoms with E-state index >= 15 is 0 Å². The van der Waals surface area contributed by atoms with Gasteiger partial charge in [-0.25, -0.2) is 4.98 Å². The first-order chi connectivity index (χ1) is 13.5. The average Bonchev–Trinajstić information content (AvgIpc) is 3.27. The number of imidazole rings is 1. The predicted octanol–water partition coefficient (Wildman–Crippen LogP) is 4.02. The van der Waals surface area contributed by atoms with E-state index in [0.29, 0.717) is 12.0 Å². The molecule has 0 aliphatic carbocycles. The zero-order chi connectivity index (χ0) is 19.4. The number of anilines is 1. The molecular formula is C20H25N7S. The summed E-state index contributed by atoms with van der Waals surface area (Å²) in [5.41, 5.74) is 4.41. The third-order valence-electron chi connectivity index (χ3n) is 5.87. The minimum atomic E-state index is 0.476. The fourth-order valence-corrected chi connectivity index (χ4v) is 4.59. The van der Waals surface area contributed by atoms with E-state index in [1.807, 2.05) is 4.68 Å². The molecule has 1 saturated heterocycles. The second-order valence-corrected chi connectivity index (χ2v) is 8.91. The van der Waals surface area contributed by atoms with Crippen LogP contribution in [0.15, 0.2) is 27.3 Å². The molecule has 146 valence electrons. The number of nitrogens with one attached hydrogen (secondary N) is 1. The first-order valence-corrected chi connectivity index (χ1v) is 10.8. The summed E-state index contributed by atoms with van der Waals surface area (Å²) in [7, 11) is 0. The maximum Gasteiger partial charge on any atom is 0.216 e. The lowest BCUT2D eigenvalue weighted by Crippen LogP contribution is -2.06. The molecule has 0 saturated carbocycles. The van der Waals surface area contributed by atoms with E-state index in [4.69, 9.17) is 10.1 Å². The van der Waals surface area contributed by atoms with Gasteiger partial charge in [0.2, 0.25) is 11.1 Å². The molecule has 2 aliphatic rings. The van der Waals surface area contributed by atoms with Crippen molar-refractivity contribution in [2.45, 2.75) is 63.1 Å². The smallest absolute Gasteiger partial charge is 0.216 e. The van der Waals surface area contributed by atoms with Crippen molar-refractivity contribution in [2.75, 3.05) is 11.4 Å². The monoisotopic (exact) mass is 395 g/mol. The number of aryl methyl sites for hydroxylation is 2. The van der Waals surface area contributed by atoms with Gasteiger partial charge in [0.05, 0.1) is 11.0 Å². The van der Waals surface area contributed by atoms with Crippen molar-refractivity contribution in [3.63, 3.8) is 0 Å². The van der Waals surface area contributed by atoms with Crippen LogP contribution in [0.2, 0.25) is 0 Å². The van der Waals surface area contributed by atoms with Crippen LogP contribution < -0.4 is 4.90 Å². The molecule has 0 bridgehead atoms. The summed E-state index contributed by atoms with van der Waals surface area (Å²) in [6.45, 7) is 9.76. The molecule has 7 nitrogen and oxygen atoms in total. The van der Waals surface area contributed by atoms with Gasteiger partial charge in [0.25, 0.3) is 0 Å². The highest BCUT2D eigenvalue weighted by Crippen LogP contribution is 2.35. The Labute approximate surface area is 168 Å². The highest BCUT2D eigenvalue weighted by atomic mass is 32.2. The van der Waals surface area contributed by atoms with Crippen LogP contribution in [0.3, 0.4) is 0 Å². The lowest BCUT2D eigenvalue weighted by molar-refractivity contribution is 0.663. The third-order valence-corrected chi connectivity index (χ3v) is 6.97. The lowest BCUT2D eigenvalue weighted by Gasteiger charge is -2.07. The highest BCUT2D eigenvalue weighted by molar-refractivity contribution is 7.99. The highest BCUT2D eigenvalue weighted by Gasteiger charge is 2.34. The molecule has 0 amide bonds. The summed E-state index contributed by atoms with van der Waals surface area (Å²) in [4.78, 5) is 11.7. The Hall–Kier alpha value is -2.35. The molecule has 1 aromatic carbocycles. The van der Waals surface area contributed by atoms with E-state index in [9.17, 15) is 0 Å². The first kappa shape index (κ1) is 17.7. The minimum Gasteiger partial charge on any atom is -0.336 e. The van der Waals surface area contributed by atoms with Gasteiger partial charge in [0.1, 0.15) is 0 Å². The molecule has 8 heteroatoms. The van der Waals surface area contributed by atoms with E-state index in [0.717, 1.165) is 64.4 Å². The van der Waals surface area contributed by atoms with Crippen LogP contribution in [0, 0.1) is 12.8 Å². The summed E-state index contributed by atoms with van der Waals surface area (Å²) >= 11 is 1.62. The number of H-pyrrole nitrogens is 1. The molecule has 5 rings (SSSR count). The van der Waals surface area contributed by atoms with Crippen LogP contribution in [0.5, 0.6) is 0 Å². The standard InChI is InChI=1S/C20H25N7S/c1-5-14-10-26(14)19-21-15-8-12(3)17(9-16(15)22-19)28-20-24-23-18-7-6-11(2)13(4)25-27(18)20/h8-9,11,14H,5-7,10H2,1-4H3,(H,21,22). The van der Waals surface area contributed by atoms with Gasteiger partial charge in [-0.15, -0.1) is 10.2 Å². The normalized spacial score (nSPS) is 21.6. The van der Waals surface area contributed by atoms with Crippen molar-refractivity contribution in [2.24, 2.45) is 11.0 Å². The lowest BCUT2D eigenvalue weighted by atomic mass is 10.0. The minimum absolute atomic E-state index is 0.476. The van der Waals surface area contributed by atoms with Gasteiger partial charge < -0.3 is 9.88 Å². The van der Waals surface area contributed by atoms with Crippen molar-refractivity contribution in [1.29, 1.82) is 0 Å². The summed E-state index contributed by atoms with van der Waals surface area (Å²) < 4.78 is 1.92. The molecule has 2 aliphatic heterocycles. The third kappa shape index (κ3) is 2.99. The summed E-state index contributed by atoms with van der Waals surface area (Å²) in [6, 6.07) is 4.96. The zero-order valence-electron chi connectivity index (χ0n) is 16.7. The van der Waals surface area contributed by atoms with Crippen LogP contribution in [0.4, 0.5) is 5.95 Å². The summed E-state index contributed by atoms with van der Waals surface area (Å²) in [5, 5.41) is 14.4. The molecule has 2 unspecified atom stereocenters. The number of rotatable bonds is 4. The van der Waals surface area contributed by atoms with E-state index in [1.54, 1.807) is 11.8 Å². The van der Waals surface area contributed by atoms with E-state index in [-0.39, 0.29) is 0 Å². The fourth-order valence-electron chi connectivity index (χ4n) is 3.69. The van der Waals surface area contributed by atoms with Gasteiger partial charge in [0.15, 0.2) is 5.82 Å². The molecule has 3 aromatic rings. The van der Waals surface area contributed by atoms with Gasteiger partial charge in [-0.3, -0.25) is 0 Å². The molecule has 1 fully saturated rings. The number of aromatic nitrogens is 5. The second-order valence-electron chi connectivity index (χ2n) is 7.90. The first-order valence-electron chi connectivity index (χ1n) is 9.98. The van der Waals surface area contributed by atoms with Gasteiger partial charge in [-0.05, 0) is 62.1 Å². The van der Waals surface area contributed by atoms with Crippen molar-refractivity contribution in [3.8, 4) is 0 Å². The van der Waals surface area contributed by atoms with Gasteiger partial charge in [0, 0.05) is 29.6 Å². The number of hydrogen-bond donors (Lipinski definition) is 1. The molecule has 4 heterocycles. The second kappa shape index (κ2) is 6.62. The molecule has 2 atom stereocenters. The summed E-state index contributed by atoms with van der Waals surface area (Å²) in [6.07, 6.45) is 3.13. The Morgan fingerprint density at radius 1 is 1.25 bits per heavy atom. The van der Waals surface area contributed by atoms with Crippen molar-refractivity contribution in [3.05, 3.63) is 23.5 Å². The van der Waals surface area contributed by atoms with Crippen LogP contribution in [-0.2, 0) is 6.42 Å². The van der Waals surface area contributed by atoms with Gasteiger partial charge >= 0.3 is 0 Å². The van der Waals surface area contributed by atoms with E-state index in [2.05, 4.69) is 59.9 Å². The molecule has 2 aromatic heterocycles. The van der Waals surface area contributed by atoms with Crippen molar-refractivity contribution < 1.29 is 0 Å². The predicted molar refractivity (Wildman–Crippen MR) is 112 cm³/mol. The number of aromatic amines is 1. The Morgan fingerprint density at radius 2 is 2.11 bits per heavy atom. The molecule has 0 radical (unpaired) electrons. The molecular weight excluding hydrogens is 370 g/mol. The molecule has 0 spiro atoms. The Morgan fingerprint density at radius 3 is 2.89 bits per heavy atom. The largest absolute Gasteiger partial charge is 0.336 e. The number of nitrogens with zero attached hydrogens (tertiary/aromatic N) is 6. The number of benzene rings is 1. The maximum absolute atomic E-state index is 4.82. The Kier molecular flexibility index (Phi) is 4.19. The summed E-state index contributed by atoms with van der Waals surface area (Å²) in [5.74, 6) is 2.40. The van der Waals surface area contributed by atoms with Gasteiger partial charge in [-0.2, -0.15) is 9.78 Å². The Bertz CT molecular complexity index is 1080. The molecule has 1 N–H and O–H groups in total. The zero-order valence-corrected chi connectivity index (χ0v) is 17.5. The SMILES string of the molecule is CCC1CN1c1nc2cc(Sc3nnc4n3N=C(C)C(C)CC4)c(C)cc2[nH]1. The topological polar surface area (TPSA) is 74.8 Å². The van der Waals surface area contributed by atoms with Crippen molar-refractivity contribution >= 4 is 34.5 Å². The van der Waals surface area contributed by atoms with Crippen LogP contribution in [0.1, 0.15) is 45.0 Å². The van der Waals surface area contributed by atoms with Crippen LogP contribution >= 0.6 is 11.8 Å². The number of fused-ring (bicyclic) bond motifs is 2. The number of hydrogen-bond acceptors (Lipinski definition) is 6. The van der Waals surface area contributed by atoms with E-state index < -0.39 is 0 Å².